The van der Waals surface area contributed by atoms with E-state index in [0.717, 1.165) is 12.1 Å². The number of hydrogen-bond acceptors (Lipinski definition) is 15. The maximum atomic E-state index is 12.8. The third-order valence-corrected chi connectivity index (χ3v) is 6.84. The van der Waals surface area contributed by atoms with E-state index in [4.69, 9.17) is 18.9 Å². The second-order valence-corrected chi connectivity index (χ2v) is 9.73. The summed E-state index contributed by atoms with van der Waals surface area (Å²) in [4.78, 5) is 12.8. The average Bonchev–Trinajstić information content (AvgIpc) is 2.97. The maximum Gasteiger partial charge on any atom is 0.229 e. The maximum absolute atomic E-state index is 12.8. The molecule has 15 heteroatoms. The average molecular weight is 597 g/mol. The normalized spacial score (nSPS) is 33.4. The summed E-state index contributed by atoms with van der Waals surface area (Å²) in [6.45, 7) is -1.33. The molecule has 15 nitrogen and oxygen atoms in total. The molecule has 0 bridgehead atoms. The van der Waals surface area contributed by atoms with E-state index in [9.17, 15) is 55.9 Å². The lowest BCUT2D eigenvalue weighted by atomic mass is 9.99. The number of benzene rings is 2. The molecule has 0 saturated carbocycles. The minimum Gasteiger partial charge on any atom is -0.507 e. The molecule has 0 aliphatic carbocycles. The molecule has 10 unspecified atom stereocenters. The fraction of sp³-hybridized carbons (Fsp3) is 0.444. The number of ketones is 1. The van der Waals surface area contributed by atoms with E-state index < -0.39 is 86.2 Å². The summed E-state index contributed by atoms with van der Waals surface area (Å²) >= 11 is 0. The van der Waals surface area contributed by atoms with Crippen LogP contribution in [0.3, 0.4) is 0 Å². The second-order valence-electron chi connectivity index (χ2n) is 9.73. The number of rotatable bonds is 9. The van der Waals surface area contributed by atoms with Crippen LogP contribution >= 0.6 is 0 Å². The van der Waals surface area contributed by atoms with E-state index >= 15 is 0 Å². The van der Waals surface area contributed by atoms with E-state index in [1.165, 1.54) is 36.4 Å². The number of ether oxygens (including phenoxy) is 4. The summed E-state index contributed by atoms with van der Waals surface area (Å²) in [5.41, 5.74) is 0.201. The van der Waals surface area contributed by atoms with Crippen molar-refractivity contribution in [3.63, 3.8) is 0 Å². The third kappa shape index (κ3) is 6.66. The van der Waals surface area contributed by atoms with Gasteiger partial charge in [-0.15, -0.1) is 0 Å². The summed E-state index contributed by atoms with van der Waals surface area (Å²) in [6, 6.07) is 7.52. The molecule has 0 spiro atoms. The topological polar surface area (TPSA) is 256 Å². The molecule has 2 aliphatic heterocycles. The molecule has 2 heterocycles. The second kappa shape index (κ2) is 13.3. The smallest absolute Gasteiger partial charge is 0.229 e. The molecule has 10 atom stereocenters. The van der Waals surface area contributed by atoms with E-state index in [2.05, 4.69) is 0 Å². The van der Waals surface area contributed by atoms with Gasteiger partial charge in [-0.1, -0.05) is 12.1 Å². The first-order valence-corrected chi connectivity index (χ1v) is 12.8. The first-order valence-electron chi connectivity index (χ1n) is 12.8. The van der Waals surface area contributed by atoms with Gasteiger partial charge in [0.1, 0.15) is 60.3 Å². The van der Waals surface area contributed by atoms with Crippen molar-refractivity contribution >= 4 is 11.9 Å². The number of aromatic hydroxyl groups is 2. The highest BCUT2D eigenvalue weighted by molar-refractivity contribution is 6.08. The fourth-order valence-corrected chi connectivity index (χ4v) is 4.37. The lowest BCUT2D eigenvalue weighted by Crippen LogP contribution is -2.60. The zero-order chi connectivity index (χ0) is 30.7. The Hall–Kier alpha value is -3.35. The van der Waals surface area contributed by atoms with Crippen molar-refractivity contribution in [1.29, 1.82) is 0 Å². The molecule has 0 radical (unpaired) electrons. The van der Waals surface area contributed by atoms with Crippen LogP contribution in [0.25, 0.3) is 6.08 Å². The standard InChI is InChI=1S/C27H32O15/c28-9-18-20(33)22(35)24(37)26(41-18)39-12-3-4-13(16(32)8-12)14(30)5-1-11-2-6-15(31)17(7-11)40-27-25(38)23(36)21(34)19(10-29)42-27/h1-8,18-29,31-38H,9-10H2. The van der Waals surface area contributed by atoms with Gasteiger partial charge in [0.15, 0.2) is 17.3 Å². The van der Waals surface area contributed by atoms with Gasteiger partial charge >= 0.3 is 0 Å². The Morgan fingerprint density at radius 3 is 1.83 bits per heavy atom. The highest BCUT2D eigenvalue weighted by Gasteiger charge is 2.46. The lowest BCUT2D eigenvalue weighted by molar-refractivity contribution is -0.277. The first kappa shape index (κ1) is 31.6. The van der Waals surface area contributed by atoms with Gasteiger partial charge in [0, 0.05) is 6.07 Å². The first-order chi connectivity index (χ1) is 19.9. The van der Waals surface area contributed by atoms with Crippen LogP contribution in [0.4, 0.5) is 0 Å². The van der Waals surface area contributed by atoms with E-state index in [1.54, 1.807) is 0 Å². The van der Waals surface area contributed by atoms with Crippen molar-refractivity contribution in [3.05, 3.63) is 53.6 Å². The summed E-state index contributed by atoms with van der Waals surface area (Å²) in [7, 11) is 0. The Balaban J connectivity index is 1.43. The molecule has 2 aromatic carbocycles. The summed E-state index contributed by atoms with van der Waals surface area (Å²) in [6.07, 6.45) is -12.9. The van der Waals surface area contributed by atoms with Crippen molar-refractivity contribution in [3.8, 4) is 23.0 Å². The van der Waals surface area contributed by atoms with Crippen LogP contribution in [-0.4, -0.2) is 131 Å². The van der Waals surface area contributed by atoms with Crippen molar-refractivity contribution in [2.24, 2.45) is 0 Å². The number of carbonyl (C=O) groups excluding carboxylic acids is 1. The van der Waals surface area contributed by atoms with Gasteiger partial charge < -0.3 is 70.0 Å². The van der Waals surface area contributed by atoms with Crippen LogP contribution in [-0.2, 0) is 9.47 Å². The van der Waals surface area contributed by atoms with E-state index in [0.29, 0.717) is 5.56 Å². The Labute approximate surface area is 238 Å². The molecular formula is C27H32O15. The molecule has 42 heavy (non-hydrogen) atoms. The molecule has 0 amide bonds. The molecule has 2 saturated heterocycles. The van der Waals surface area contributed by atoms with Gasteiger partial charge in [0.25, 0.3) is 0 Å². The molecule has 2 fully saturated rings. The Morgan fingerprint density at radius 1 is 0.714 bits per heavy atom. The third-order valence-electron chi connectivity index (χ3n) is 6.84. The van der Waals surface area contributed by atoms with Gasteiger partial charge in [-0.05, 0) is 35.9 Å². The van der Waals surface area contributed by atoms with Crippen molar-refractivity contribution in [1.82, 2.24) is 0 Å². The number of phenolic OH excluding ortho intramolecular Hbond substituents is 2. The predicted octanol–water partition coefficient (Wildman–Crippen LogP) is -2.65. The van der Waals surface area contributed by atoms with Crippen molar-refractivity contribution in [2.75, 3.05) is 13.2 Å². The van der Waals surface area contributed by atoms with Crippen molar-refractivity contribution in [2.45, 2.75) is 61.4 Å². The zero-order valence-electron chi connectivity index (χ0n) is 21.8. The van der Waals surface area contributed by atoms with E-state index in [1.807, 2.05) is 0 Å². The Bertz CT molecular complexity index is 1260. The largest absolute Gasteiger partial charge is 0.507 e. The molecule has 2 aromatic rings. The van der Waals surface area contributed by atoms with Crippen LogP contribution in [0, 0.1) is 0 Å². The monoisotopic (exact) mass is 596 g/mol. The Kier molecular flexibility index (Phi) is 10.0. The van der Waals surface area contributed by atoms with Crippen LogP contribution in [0.15, 0.2) is 42.5 Å². The SMILES string of the molecule is O=C(C=Cc1ccc(O)c(OC2OC(CO)C(O)C(O)C2O)c1)c1ccc(OC2OC(CO)C(O)C(O)C2O)cc1O. The van der Waals surface area contributed by atoms with Crippen LogP contribution in [0.5, 0.6) is 23.0 Å². The Morgan fingerprint density at radius 2 is 1.29 bits per heavy atom. The van der Waals surface area contributed by atoms with Crippen molar-refractivity contribution < 1.29 is 74.8 Å². The number of carbonyl (C=O) groups is 1. The van der Waals surface area contributed by atoms with Gasteiger partial charge in [0.05, 0.1) is 18.8 Å². The molecule has 10 N–H and O–H groups in total. The minimum atomic E-state index is -1.71. The number of phenols is 2. The van der Waals surface area contributed by atoms with Gasteiger partial charge in [0.2, 0.25) is 12.6 Å². The quantitative estimate of drug-likeness (QED) is 0.105. The van der Waals surface area contributed by atoms with Crippen LogP contribution in [0.1, 0.15) is 15.9 Å². The van der Waals surface area contributed by atoms with Crippen LogP contribution < -0.4 is 9.47 Å². The minimum absolute atomic E-state index is 0.0501. The molecule has 230 valence electrons. The molecule has 0 aromatic heterocycles. The molecular weight excluding hydrogens is 564 g/mol. The molecule has 2 aliphatic rings. The number of aliphatic hydroxyl groups is 8. The predicted molar refractivity (Wildman–Crippen MR) is 138 cm³/mol. The highest BCUT2D eigenvalue weighted by Crippen LogP contribution is 2.32. The zero-order valence-corrected chi connectivity index (χ0v) is 21.8. The van der Waals surface area contributed by atoms with Gasteiger partial charge in [-0.25, -0.2) is 0 Å². The number of aliphatic hydroxyl groups excluding tert-OH is 8. The van der Waals surface area contributed by atoms with Crippen LogP contribution in [0.2, 0.25) is 0 Å². The highest BCUT2D eigenvalue weighted by atomic mass is 16.7. The lowest BCUT2D eigenvalue weighted by Gasteiger charge is -2.39. The van der Waals surface area contributed by atoms with E-state index in [-0.39, 0.29) is 22.8 Å². The van der Waals surface area contributed by atoms with Gasteiger partial charge in [-0.3, -0.25) is 4.79 Å². The summed E-state index contributed by atoms with van der Waals surface area (Å²) in [5, 5.41) is 99.1. The number of allylic oxidation sites excluding steroid dienone is 1. The fourth-order valence-electron chi connectivity index (χ4n) is 4.37. The number of hydrogen-bond donors (Lipinski definition) is 10. The summed E-state index contributed by atoms with van der Waals surface area (Å²) in [5.74, 6) is -1.76. The van der Waals surface area contributed by atoms with Gasteiger partial charge in [-0.2, -0.15) is 0 Å². The summed E-state index contributed by atoms with van der Waals surface area (Å²) < 4.78 is 21.4. The molecule has 4 rings (SSSR count).